The molecule has 0 saturated heterocycles. The van der Waals surface area contributed by atoms with Crippen LogP contribution in [0.3, 0.4) is 0 Å². The molecule has 168 valence electrons. The van der Waals surface area contributed by atoms with Gasteiger partial charge in [0.25, 0.3) is 5.56 Å². The highest BCUT2D eigenvalue weighted by atomic mass is 16.4. The number of aromatic nitrogens is 4. The van der Waals surface area contributed by atoms with Gasteiger partial charge in [0.2, 0.25) is 0 Å². The predicted octanol–water partition coefficient (Wildman–Crippen LogP) is 3.93. The molecular formula is C25H24N4O4. The minimum Gasteiger partial charge on any atom is -0.478 e. The third kappa shape index (κ3) is 4.45. The number of aromatic amines is 1. The first-order valence-corrected chi connectivity index (χ1v) is 10.5. The van der Waals surface area contributed by atoms with E-state index < -0.39 is 11.5 Å². The monoisotopic (exact) mass is 444 g/mol. The number of nitrogens with one attached hydrogen (secondary N) is 1. The molecule has 2 aromatic carbocycles. The molecule has 0 amide bonds. The molecule has 2 heterocycles. The summed E-state index contributed by atoms with van der Waals surface area (Å²) in [5, 5.41) is 15.7. The highest BCUT2D eigenvalue weighted by Crippen LogP contribution is 2.27. The third-order valence-corrected chi connectivity index (χ3v) is 5.35. The topological polar surface area (TPSA) is 118 Å². The maximum Gasteiger partial charge on any atom is 0.336 e. The zero-order valence-corrected chi connectivity index (χ0v) is 18.6. The van der Waals surface area contributed by atoms with Gasteiger partial charge in [-0.05, 0) is 28.2 Å². The van der Waals surface area contributed by atoms with Gasteiger partial charge in [-0.1, -0.05) is 63.2 Å². The van der Waals surface area contributed by atoms with Crippen LogP contribution in [0.25, 0.3) is 22.2 Å². The van der Waals surface area contributed by atoms with Gasteiger partial charge in [0.15, 0.2) is 12.0 Å². The van der Waals surface area contributed by atoms with Crippen molar-refractivity contribution in [1.29, 1.82) is 0 Å². The molecule has 0 atom stereocenters. The summed E-state index contributed by atoms with van der Waals surface area (Å²) in [6, 6.07) is 14.4. The summed E-state index contributed by atoms with van der Waals surface area (Å²) in [5.41, 5.74) is 2.76. The van der Waals surface area contributed by atoms with Gasteiger partial charge >= 0.3 is 5.97 Å². The van der Waals surface area contributed by atoms with Crippen molar-refractivity contribution in [3.63, 3.8) is 0 Å². The number of hydrogen-bond donors (Lipinski definition) is 2. The maximum atomic E-state index is 12.6. The van der Waals surface area contributed by atoms with Crippen molar-refractivity contribution in [2.75, 3.05) is 0 Å². The molecule has 0 unspecified atom stereocenters. The van der Waals surface area contributed by atoms with E-state index in [1.165, 1.54) is 0 Å². The number of hydrogen-bond acceptors (Lipinski definition) is 5. The summed E-state index contributed by atoms with van der Waals surface area (Å²) in [7, 11) is 0. The fourth-order valence-electron chi connectivity index (χ4n) is 3.88. The normalized spacial score (nSPS) is 11.6. The lowest BCUT2D eigenvalue weighted by Crippen LogP contribution is -2.18. The zero-order valence-electron chi connectivity index (χ0n) is 18.6. The highest BCUT2D eigenvalue weighted by molar-refractivity contribution is 5.96. The van der Waals surface area contributed by atoms with Crippen molar-refractivity contribution < 1.29 is 14.7 Å². The van der Waals surface area contributed by atoms with Crippen molar-refractivity contribution in [3.8, 4) is 11.1 Å². The van der Waals surface area contributed by atoms with Gasteiger partial charge < -0.3 is 9.67 Å². The van der Waals surface area contributed by atoms with Gasteiger partial charge in [0.05, 0.1) is 5.56 Å². The number of carboxylic acids is 1. The minimum atomic E-state index is -0.981. The molecule has 4 aromatic rings. The van der Waals surface area contributed by atoms with Crippen molar-refractivity contribution in [3.05, 3.63) is 81.5 Å². The summed E-state index contributed by atoms with van der Waals surface area (Å²) in [5.74, 6) is -0.287. The van der Waals surface area contributed by atoms with Gasteiger partial charge in [-0.15, -0.1) is 0 Å². The molecule has 0 bridgehead atoms. The SMILES string of the molecule is CC(C)(C)Cc1nc2c(C=O)n[nH]c(=O)c2n1Cc1ccc(-c2ccccc2C(=O)O)cc1. The van der Waals surface area contributed by atoms with Crippen LogP contribution in [-0.2, 0) is 13.0 Å². The number of imidazole rings is 1. The predicted molar refractivity (Wildman–Crippen MR) is 125 cm³/mol. The quantitative estimate of drug-likeness (QED) is 0.435. The van der Waals surface area contributed by atoms with Crippen molar-refractivity contribution in [2.24, 2.45) is 5.41 Å². The smallest absolute Gasteiger partial charge is 0.336 e. The first-order chi connectivity index (χ1) is 15.7. The van der Waals surface area contributed by atoms with Crippen LogP contribution in [0, 0.1) is 5.41 Å². The molecule has 0 saturated carbocycles. The van der Waals surface area contributed by atoms with E-state index in [0.29, 0.717) is 41.7 Å². The van der Waals surface area contributed by atoms with E-state index in [9.17, 15) is 19.5 Å². The number of H-pyrrole nitrogens is 1. The Bertz CT molecular complexity index is 1410. The number of carbonyl (C=O) groups excluding carboxylic acids is 1. The van der Waals surface area contributed by atoms with Gasteiger partial charge in [-0.3, -0.25) is 9.59 Å². The second-order valence-electron chi connectivity index (χ2n) is 9.15. The van der Waals surface area contributed by atoms with Crippen molar-refractivity contribution in [1.82, 2.24) is 19.7 Å². The van der Waals surface area contributed by atoms with E-state index in [1.54, 1.807) is 24.3 Å². The Balaban J connectivity index is 1.78. The number of fused-ring (bicyclic) bond motifs is 1. The van der Waals surface area contributed by atoms with Crippen molar-refractivity contribution in [2.45, 2.75) is 33.7 Å². The summed E-state index contributed by atoms with van der Waals surface area (Å²) in [4.78, 5) is 40.3. The van der Waals surface area contributed by atoms with Crippen LogP contribution in [0.2, 0.25) is 0 Å². The number of aldehydes is 1. The van der Waals surface area contributed by atoms with Gasteiger partial charge in [-0.25, -0.2) is 14.9 Å². The molecule has 0 fully saturated rings. The highest BCUT2D eigenvalue weighted by Gasteiger charge is 2.22. The minimum absolute atomic E-state index is 0.0922. The van der Waals surface area contributed by atoms with Gasteiger partial charge in [0, 0.05) is 13.0 Å². The van der Waals surface area contributed by atoms with Crippen LogP contribution in [0.5, 0.6) is 0 Å². The van der Waals surface area contributed by atoms with Crippen molar-refractivity contribution >= 4 is 23.3 Å². The standard InChI is InChI=1S/C25H24N4O4/c1-25(2,3)12-20-26-21-19(14-30)27-28-23(31)22(21)29(20)13-15-8-10-16(11-9-15)17-6-4-5-7-18(17)24(32)33/h4-11,14H,12-13H2,1-3H3,(H,28,31)(H,32,33). The molecule has 0 aliphatic carbocycles. The molecule has 33 heavy (non-hydrogen) atoms. The van der Waals surface area contributed by atoms with E-state index in [2.05, 4.69) is 36.0 Å². The molecule has 0 spiro atoms. The maximum absolute atomic E-state index is 12.6. The largest absolute Gasteiger partial charge is 0.478 e. The summed E-state index contributed by atoms with van der Waals surface area (Å²) >= 11 is 0. The van der Waals surface area contributed by atoms with E-state index in [1.807, 2.05) is 28.8 Å². The number of aromatic carboxylic acids is 1. The van der Waals surface area contributed by atoms with E-state index >= 15 is 0 Å². The third-order valence-electron chi connectivity index (χ3n) is 5.35. The molecule has 0 aliphatic heterocycles. The average Bonchev–Trinajstić information content (AvgIpc) is 3.11. The van der Waals surface area contributed by atoms with Crippen LogP contribution in [0.15, 0.2) is 53.3 Å². The van der Waals surface area contributed by atoms with Crippen LogP contribution in [0.1, 0.15) is 53.0 Å². The fourth-order valence-corrected chi connectivity index (χ4v) is 3.88. The van der Waals surface area contributed by atoms with E-state index in [4.69, 9.17) is 0 Å². The molecular weight excluding hydrogens is 420 g/mol. The first kappa shape index (κ1) is 22.1. The first-order valence-electron chi connectivity index (χ1n) is 10.5. The number of carbonyl (C=O) groups is 2. The fraction of sp³-hybridized carbons (Fsp3) is 0.240. The van der Waals surface area contributed by atoms with Gasteiger partial charge in [0.1, 0.15) is 16.9 Å². The Morgan fingerprint density at radius 3 is 2.45 bits per heavy atom. The molecule has 2 N–H and O–H groups in total. The summed E-state index contributed by atoms with van der Waals surface area (Å²) in [6.07, 6.45) is 1.19. The molecule has 0 radical (unpaired) electrons. The lowest BCUT2D eigenvalue weighted by molar-refractivity contribution is 0.0697. The average molecular weight is 444 g/mol. The number of nitrogens with zero attached hydrogens (tertiary/aromatic N) is 3. The van der Waals surface area contributed by atoms with Crippen LogP contribution in [-0.4, -0.2) is 37.1 Å². The van der Waals surface area contributed by atoms with Crippen LogP contribution >= 0.6 is 0 Å². The molecule has 8 heteroatoms. The number of rotatable bonds is 6. The Morgan fingerprint density at radius 1 is 1.12 bits per heavy atom. The molecule has 8 nitrogen and oxygen atoms in total. The second-order valence-corrected chi connectivity index (χ2v) is 9.15. The Morgan fingerprint density at radius 2 is 1.82 bits per heavy atom. The Hall–Kier alpha value is -4.07. The summed E-state index contributed by atoms with van der Waals surface area (Å²) in [6.45, 7) is 6.60. The molecule has 2 aromatic heterocycles. The molecule has 0 aliphatic rings. The second kappa shape index (κ2) is 8.46. The number of carboxylic acid groups (broad SMARTS) is 1. The van der Waals surface area contributed by atoms with E-state index in [0.717, 1.165) is 11.1 Å². The molecule has 4 rings (SSSR count). The lowest BCUT2D eigenvalue weighted by Gasteiger charge is -2.19. The Labute approximate surface area is 189 Å². The number of benzene rings is 2. The summed E-state index contributed by atoms with van der Waals surface area (Å²) < 4.78 is 1.83. The van der Waals surface area contributed by atoms with Gasteiger partial charge in [-0.2, -0.15) is 5.10 Å². The van der Waals surface area contributed by atoms with Crippen LogP contribution in [0.4, 0.5) is 0 Å². The zero-order chi connectivity index (χ0) is 23.8. The van der Waals surface area contributed by atoms with E-state index in [-0.39, 0.29) is 16.7 Å². The van der Waals surface area contributed by atoms with Crippen LogP contribution < -0.4 is 5.56 Å². The Kier molecular flexibility index (Phi) is 5.68. The lowest BCUT2D eigenvalue weighted by atomic mass is 9.92.